The van der Waals surface area contributed by atoms with Gasteiger partial charge in [-0.25, -0.2) is 0 Å². The Morgan fingerprint density at radius 2 is 1.70 bits per heavy atom. The number of carbonyl (C=O) groups is 1. The molecule has 5 heteroatoms. The minimum absolute atomic E-state index is 0.143. The summed E-state index contributed by atoms with van der Waals surface area (Å²) in [5.74, 6) is -1.52. The number of nitrogens with two attached hydrogens (primary N) is 2. The molecule has 0 aliphatic heterocycles. The summed E-state index contributed by atoms with van der Waals surface area (Å²) in [7, 11) is 2.86. The molecule has 1 aliphatic rings. The van der Waals surface area contributed by atoms with Crippen LogP contribution < -0.4 is 11.5 Å². The first-order valence-electron chi connectivity index (χ1n) is 6.15. The Labute approximate surface area is 117 Å². The zero-order valence-corrected chi connectivity index (χ0v) is 11.5. The minimum Gasteiger partial charge on any atom is -0.347 e. The summed E-state index contributed by atoms with van der Waals surface area (Å²) in [6, 6.07) is 8.93. The van der Waals surface area contributed by atoms with Gasteiger partial charge in [0.2, 0.25) is 5.79 Å². The molecule has 0 saturated heterocycles. The van der Waals surface area contributed by atoms with Gasteiger partial charge in [-0.15, -0.1) is 0 Å². The number of carbonyl (C=O) groups excluding carboxylic acids is 1. The van der Waals surface area contributed by atoms with E-state index in [1.165, 1.54) is 26.4 Å². The number of ketones is 1. The average Bonchev–Trinajstić information content (AvgIpc) is 2.47. The van der Waals surface area contributed by atoms with E-state index in [4.69, 9.17) is 20.9 Å². The molecule has 4 N–H and O–H groups in total. The van der Waals surface area contributed by atoms with Crippen LogP contribution in [0.3, 0.4) is 0 Å². The van der Waals surface area contributed by atoms with E-state index in [9.17, 15) is 4.79 Å². The van der Waals surface area contributed by atoms with Gasteiger partial charge in [0, 0.05) is 25.4 Å². The van der Waals surface area contributed by atoms with Crippen molar-refractivity contribution < 1.29 is 14.3 Å². The highest BCUT2D eigenvalue weighted by Gasteiger charge is 2.47. The quantitative estimate of drug-likeness (QED) is 0.631. The summed E-state index contributed by atoms with van der Waals surface area (Å²) in [6.07, 6.45) is 4.62. The number of allylic oxidation sites excluding steroid dienone is 2. The fourth-order valence-electron chi connectivity index (χ4n) is 2.17. The lowest BCUT2D eigenvalue weighted by Crippen LogP contribution is -2.67. The zero-order chi connectivity index (χ0) is 14.8. The van der Waals surface area contributed by atoms with Crippen molar-refractivity contribution >= 4 is 5.78 Å². The molecule has 0 heterocycles. The van der Waals surface area contributed by atoms with Crippen LogP contribution in [0.1, 0.15) is 10.4 Å². The molecule has 0 spiro atoms. The lowest BCUT2D eigenvalue weighted by atomic mass is 9.88. The maximum absolute atomic E-state index is 12.4. The zero-order valence-electron chi connectivity index (χ0n) is 11.5. The SMILES string of the molecule is COC1(OC)C=C(C(=O)c2ccccc2)C=CC1(N)N. The number of Topliss-reactive ketones (excluding diaryl/α,β-unsaturated/α-hetero) is 1. The summed E-state index contributed by atoms with van der Waals surface area (Å²) < 4.78 is 10.6. The van der Waals surface area contributed by atoms with Crippen molar-refractivity contribution in [3.8, 4) is 0 Å². The third kappa shape index (κ3) is 2.32. The molecule has 0 saturated carbocycles. The molecule has 0 unspecified atom stereocenters. The second-order valence-electron chi connectivity index (χ2n) is 4.64. The number of rotatable bonds is 4. The van der Waals surface area contributed by atoms with E-state index in [2.05, 4.69) is 0 Å². The maximum atomic E-state index is 12.4. The van der Waals surface area contributed by atoms with E-state index >= 15 is 0 Å². The first-order valence-corrected chi connectivity index (χ1v) is 6.15. The van der Waals surface area contributed by atoms with Gasteiger partial charge >= 0.3 is 0 Å². The summed E-state index contributed by atoms with van der Waals surface area (Å²) >= 11 is 0. The molecule has 0 radical (unpaired) electrons. The molecule has 1 aromatic rings. The summed E-state index contributed by atoms with van der Waals surface area (Å²) in [4.78, 5) is 12.4. The van der Waals surface area contributed by atoms with Gasteiger partial charge in [-0.05, 0) is 12.2 Å². The molecule has 0 fully saturated rings. The fraction of sp³-hybridized carbons (Fsp3) is 0.267. The maximum Gasteiger partial charge on any atom is 0.224 e. The molecule has 20 heavy (non-hydrogen) atoms. The Hall–Kier alpha value is -1.79. The summed E-state index contributed by atoms with van der Waals surface area (Å²) in [5.41, 5.74) is 11.6. The number of benzene rings is 1. The van der Waals surface area contributed by atoms with Gasteiger partial charge in [-0.2, -0.15) is 0 Å². The Morgan fingerprint density at radius 3 is 2.25 bits per heavy atom. The molecule has 1 aliphatic carbocycles. The number of methoxy groups -OCH3 is 2. The van der Waals surface area contributed by atoms with Crippen LogP contribution in [0.15, 0.2) is 54.1 Å². The summed E-state index contributed by atoms with van der Waals surface area (Å²) in [6.45, 7) is 0. The smallest absolute Gasteiger partial charge is 0.224 e. The van der Waals surface area contributed by atoms with Gasteiger partial charge in [-0.3, -0.25) is 4.79 Å². The van der Waals surface area contributed by atoms with Crippen LogP contribution in [-0.4, -0.2) is 31.5 Å². The van der Waals surface area contributed by atoms with Crippen molar-refractivity contribution in [2.75, 3.05) is 14.2 Å². The first-order chi connectivity index (χ1) is 9.46. The third-order valence-corrected chi connectivity index (χ3v) is 3.39. The molecule has 1 aromatic carbocycles. The Morgan fingerprint density at radius 1 is 1.10 bits per heavy atom. The molecule has 0 atom stereocenters. The van der Waals surface area contributed by atoms with Gasteiger partial charge in [0.15, 0.2) is 5.78 Å². The van der Waals surface area contributed by atoms with Gasteiger partial charge in [0.25, 0.3) is 0 Å². The predicted molar refractivity (Wildman–Crippen MR) is 75.9 cm³/mol. The standard InChI is InChI=1S/C15H18N2O3/c1-19-15(20-2)10-12(8-9-14(15,16)17)13(18)11-6-4-3-5-7-11/h3-10H,16-17H2,1-2H3. The average molecular weight is 274 g/mol. The van der Waals surface area contributed by atoms with E-state index in [1.54, 1.807) is 30.3 Å². The lowest BCUT2D eigenvalue weighted by molar-refractivity contribution is -0.202. The van der Waals surface area contributed by atoms with Crippen molar-refractivity contribution in [1.29, 1.82) is 0 Å². The van der Waals surface area contributed by atoms with E-state index in [0.717, 1.165) is 0 Å². The largest absolute Gasteiger partial charge is 0.347 e. The van der Waals surface area contributed by atoms with Crippen molar-refractivity contribution in [1.82, 2.24) is 0 Å². The van der Waals surface area contributed by atoms with Crippen LogP contribution in [0.5, 0.6) is 0 Å². The highest BCUT2D eigenvalue weighted by molar-refractivity contribution is 6.10. The topological polar surface area (TPSA) is 87.6 Å². The molecule has 0 amide bonds. The Kier molecular flexibility index (Phi) is 3.87. The van der Waals surface area contributed by atoms with Crippen LogP contribution in [0.4, 0.5) is 0 Å². The van der Waals surface area contributed by atoms with Crippen LogP contribution >= 0.6 is 0 Å². The fourth-order valence-corrected chi connectivity index (χ4v) is 2.17. The molecule has 106 valence electrons. The highest BCUT2D eigenvalue weighted by Crippen LogP contribution is 2.30. The van der Waals surface area contributed by atoms with Crippen molar-refractivity contribution in [2.24, 2.45) is 11.5 Å². The minimum atomic E-state index is -1.37. The first kappa shape index (κ1) is 14.6. The van der Waals surface area contributed by atoms with Gasteiger partial charge < -0.3 is 20.9 Å². The van der Waals surface area contributed by atoms with E-state index < -0.39 is 11.4 Å². The second kappa shape index (κ2) is 5.30. The van der Waals surface area contributed by atoms with Gasteiger partial charge in [-0.1, -0.05) is 36.4 Å². The number of hydrogen-bond acceptors (Lipinski definition) is 5. The number of ether oxygens (including phenoxy) is 2. The van der Waals surface area contributed by atoms with Crippen molar-refractivity contribution in [3.05, 3.63) is 59.7 Å². The number of hydrogen-bond donors (Lipinski definition) is 2. The molecule has 0 aromatic heterocycles. The Balaban J connectivity index is 2.42. The third-order valence-electron chi connectivity index (χ3n) is 3.39. The van der Waals surface area contributed by atoms with Gasteiger partial charge in [0.05, 0.1) is 0 Å². The van der Waals surface area contributed by atoms with Crippen molar-refractivity contribution in [3.63, 3.8) is 0 Å². The van der Waals surface area contributed by atoms with E-state index in [0.29, 0.717) is 11.1 Å². The Bertz CT molecular complexity index is 558. The van der Waals surface area contributed by atoms with Crippen LogP contribution in [0.25, 0.3) is 0 Å². The predicted octanol–water partition coefficient (Wildman–Crippen LogP) is 0.968. The molecular weight excluding hydrogens is 256 g/mol. The molecular formula is C15H18N2O3. The lowest BCUT2D eigenvalue weighted by Gasteiger charge is -2.41. The van der Waals surface area contributed by atoms with E-state index in [-0.39, 0.29) is 5.78 Å². The second-order valence-corrected chi connectivity index (χ2v) is 4.64. The molecule has 2 rings (SSSR count). The van der Waals surface area contributed by atoms with Crippen LogP contribution in [-0.2, 0) is 9.47 Å². The normalized spacial score (nSPS) is 19.5. The highest BCUT2D eigenvalue weighted by atomic mass is 16.7. The monoisotopic (exact) mass is 274 g/mol. The van der Waals surface area contributed by atoms with E-state index in [1.807, 2.05) is 6.07 Å². The van der Waals surface area contributed by atoms with Crippen LogP contribution in [0, 0.1) is 0 Å². The molecule has 5 nitrogen and oxygen atoms in total. The van der Waals surface area contributed by atoms with Crippen molar-refractivity contribution in [2.45, 2.75) is 11.4 Å². The van der Waals surface area contributed by atoms with Crippen LogP contribution in [0.2, 0.25) is 0 Å². The molecule has 0 bridgehead atoms. The van der Waals surface area contributed by atoms with Gasteiger partial charge in [0.1, 0.15) is 5.66 Å². The summed E-state index contributed by atoms with van der Waals surface area (Å²) in [5, 5.41) is 0.